The first-order valence-corrected chi connectivity index (χ1v) is 10.6. The number of ether oxygens (including phenoxy) is 1. The van der Waals surface area contributed by atoms with Crippen LogP contribution in [0.15, 0.2) is 102 Å². The summed E-state index contributed by atoms with van der Waals surface area (Å²) in [6, 6.07) is 27.3. The van der Waals surface area contributed by atoms with Crippen molar-refractivity contribution in [2.45, 2.75) is 6.10 Å². The van der Waals surface area contributed by atoms with E-state index < -0.39 is 12.0 Å². The number of hydrogen-bond acceptors (Lipinski definition) is 4. The van der Waals surface area contributed by atoms with Crippen LogP contribution in [0, 0.1) is 0 Å². The molecule has 0 radical (unpaired) electrons. The smallest absolute Gasteiger partial charge is 0.291 e. The van der Waals surface area contributed by atoms with Gasteiger partial charge in [-0.2, -0.15) is 0 Å². The van der Waals surface area contributed by atoms with Gasteiger partial charge in [0.25, 0.3) is 5.91 Å². The van der Waals surface area contributed by atoms with Gasteiger partial charge in [0.1, 0.15) is 12.7 Å². The number of rotatable bonds is 8. The van der Waals surface area contributed by atoms with E-state index in [1.807, 2.05) is 60.7 Å². The lowest BCUT2D eigenvalue weighted by atomic mass is 10.0. The van der Waals surface area contributed by atoms with Crippen molar-refractivity contribution in [3.8, 4) is 0 Å². The Labute approximate surface area is 196 Å². The van der Waals surface area contributed by atoms with Crippen LogP contribution < -0.4 is 10.6 Å². The molecule has 0 aliphatic rings. The predicted octanol–water partition coefficient (Wildman–Crippen LogP) is 5.93. The monoisotopic (exact) mass is 460 g/mol. The highest BCUT2D eigenvalue weighted by atomic mass is 35.5. The molecule has 33 heavy (non-hydrogen) atoms. The Balaban J connectivity index is 1.46. The fraction of sp³-hybridized carbons (Fsp3) is 0.0769. The SMILES string of the molecule is O=C(COC(c1ccccc1)c1ccccc1)Nc1ccc(Cl)cc1NC(=O)c1ccco1. The molecule has 0 unspecified atom stereocenters. The Morgan fingerprint density at radius 3 is 2.09 bits per heavy atom. The summed E-state index contributed by atoms with van der Waals surface area (Å²) in [4.78, 5) is 25.1. The zero-order chi connectivity index (χ0) is 23.0. The molecule has 0 bridgehead atoms. The minimum absolute atomic E-state index is 0.143. The van der Waals surface area contributed by atoms with E-state index in [9.17, 15) is 9.59 Å². The molecule has 0 spiro atoms. The molecule has 0 fully saturated rings. The van der Waals surface area contributed by atoms with Gasteiger partial charge in [0.2, 0.25) is 5.91 Å². The van der Waals surface area contributed by atoms with Crippen LogP contribution in [0.5, 0.6) is 0 Å². The third-order valence-electron chi connectivity index (χ3n) is 4.83. The predicted molar refractivity (Wildman–Crippen MR) is 127 cm³/mol. The maximum absolute atomic E-state index is 12.7. The number of hydrogen-bond donors (Lipinski definition) is 2. The number of furan rings is 1. The maximum atomic E-state index is 12.7. The third-order valence-corrected chi connectivity index (χ3v) is 5.07. The van der Waals surface area contributed by atoms with E-state index in [4.69, 9.17) is 20.8 Å². The fourth-order valence-corrected chi connectivity index (χ4v) is 3.48. The molecule has 1 heterocycles. The molecule has 0 aliphatic carbocycles. The van der Waals surface area contributed by atoms with Gasteiger partial charge in [0.05, 0.1) is 17.6 Å². The molecule has 166 valence electrons. The van der Waals surface area contributed by atoms with Crippen LogP contribution in [0.25, 0.3) is 0 Å². The van der Waals surface area contributed by atoms with Crippen LogP contribution in [-0.4, -0.2) is 18.4 Å². The van der Waals surface area contributed by atoms with Crippen molar-refractivity contribution in [1.29, 1.82) is 0 Å². The summed E-state index contributed by atoms with van der Waals surface area (Å²) in [5, 5.41) is 5.89. The third kappa shape index (κ3) is 5.88. The molecule has 0 saturated carbocycles. The van der Waals surface area contributed by atoms with Gasteiger partial charge in [-0.3, -0.25) is 9.59 Å². The molecular weight excluding hydrogens is 440 g/mol. The molecule has 2 amide bonds. The highest BCUT2D eigenvalue weighted by Crippen LogP contribution is 2.28. The summed E-state index contributed by atoms with van der Waals surface area (Å²) in [6.07, 6.45) is 1.00. The largest absolute Gasteiger partial charge is 0.459 e. The van der Waals surface area contributed by atoms with E-state index in [0.29, 0.717) is 16.4 Å². The van der Waals surface area contributed by atoms with Crippen molar-refractivity contribution >= 4 is 34.8 Å². The lowest BCUT2D eigenvalue weighted by Crippen LogP contribution is -2.22. The quantitative estimate of drug-likeness (QED) is 0.341. The first kappa shape index (κ1) is 22.3. The van der Waals surface area contributed by atoms with Crippen LogP contribution in [0.2, 0.25) is 5.02 Å². The van der Waals surface area contributed by atoms with E-state index in [-0.39, 0.29) is 18.3 Å². The lowest BCUT2D eigenvalue weighted by molar-refractivity contribution is -0.121. The average molecular weight is 461 g/mol. The van der Waals surface area contributed by atoms with Crippen LogP contribution >= 0.6 is 11.6 Å². The number of anilines is 2. The fourth-order valence-electron chi connectivity index (χ4n) is 3.31. The molecule has 0 atom stereocenters. The van der Waals surface area contributed by atoms with Crippen molar-refractivity contribution < 1.29 is 18.7 Å². The number of amides is 2. The Morgan fingerprint density at radius 2 is 1.48 bits per heavy atom. The van der Waals surface area contributed by atoms with Crippen molar-refractivity contribution in [2.24, 2.45) is 0 Å². The van der Waals surface area contributed by atoms with Crippen LogP contribution in [-0.2, 0) is 9.53 Å². The molecule has 6 nitrogen and oxygen atoms in total. The number of halogens is 1. The zero-order valence-corrected chi connectivity index (χ0v) is 18.3. The minimum Gasteiger partial charge on any atom is -0.459 e. The van der Waals surface area contributed by atoms with Crippen molar-refractivity contribution in [1.82, 2.24) is 0 Å². The van der Waals surface area contributed by atoms with E-state index in [1.54, 1.807) is 30.3 Å². The summed E-state index contributed by atoms with van der Waals surface area (Å²) in [5.41, 5.74) is 2.62. The van der Waals surface area contributed by atoms with E-state index in [1.165, 1.54) is 6.26 Å². The Kier molecular flexibility index (Phi) is 7.19. The maximum Gasteiger partial charge on any atom is 0.291 e. The molecule has 0 aliphatic heterocycles. The van der Waals surface area contributed by atoms with Crippen LogP contribution in [0.3, 0.4) is 0 Å². The summed E-state index contributed by atoms with van der Waals surface area (Å²) < 4.78 is 11.1. The second-order valence-electron chi connectivity index (χ2n) is 7.18. The summed E-state index contributed by atoms with van der Waals surface area (Å²) in [7, 11) is 0. The summed E-state index contributed by atoms with van der Waals surface area (Å²) in [5.74, 6) is -0.686. The van der Waals surface area contributed by atoms with Crippen LogP contribution in [0.1, 0.15) is 27.8 Å². The Hall–Kier alpha value is -3.87. The number of carbonyl (C=O) groups excluding carboxylic acids is 2. The molecule has 2 N–H and O–H groups in total. The lowest BCUT2D eigenvalue weighted by Gasteiger charge is -2.19. The van der Waals surface area contributed by atoms with Gasteiger partial charge in [0, 0.05) is 5.02 Å². The Bertz CT molecular complexity index is 1170. The normalized spacial score (nSPS) is 10.7. The number of nitrogens with one attached hydrogen (secondary N) is 2. The van der Waals surface area contributed by atoms with E-state index in [0.717, 1.165) is 11.1 Å². The molecule has 0 saturated heterocycles. The van der Waals surface area contributed by atoms with Gasteiger partial charge in [-0.1, -0.05) is 72.3 Å². The minimum atomic E-state index is -0.456. The summed E-state index contributed by atoms with van der Waals surface area (Å²) >= 11 is 6.09. The number of carbonyl (C=O) groups is 2. The van der Waals surface area contributed by atoms with Gasteiger partial charge in [-0.05, 0) is 41.5 Å². The van der Waals surface area contributed by atoms with E-state index >= 15 is 0 Å². The second-order valence-corrected chi connectivity index (χ2v) is 7.62. The highest BCUT2D eigenvalue weighted by molar-refractivity contribution is 6.31. The molecular formula is C26H21ClN2O4. The highest BCUT2D eigenvalue weighted by Gasteiger charge is 2.18. The van der Waals surface area contributed by atoms with Gasteiger partial charge >= 0.3 is 0 Å². The average Bonchev–Trinajstić information content (AvgIpc) is 3.38. The molecule has 1 aromatic heterocycles. The van der Waals surface area contributed by atoms with Crippen LogP contribution in [0.4, 0.5) is 11.4 Å². The Morgan fingerprint density at radius 1 is 0.818 bits per heavy atom. The first-order valence-electron chi connectivity index (χ1n) is 10.3. The van der Waals surface area contributed by atoms with Gasteiger partial charge < -0.3 is 19.8 Å². The molecule has 4 aromatic rings. The first-order chi connectivity index (χ1) is 16.1. The number of benzene rings is 3. The molecule has 7 heteroatoms. The van der Waals surface area contributed by atoms with E-state index in [2.05, 4.69) is 10.6 Å². The molecule has 3 aromatic carbocycles. The topological polar surface area (TPSA) is 80.6 Å². The zero-order valence-electron chi connectivity index (χ0n) is 17.5. The van der Waals surface area contributed by atoms with Gasteiger partial charge in [-0.15, -0.1) is 0 Å². The van der Waals surface area contributed by atoms with Crippen molar-refractivity contribution in [3.63, 3.8) is 0 Å². The molecule has 4 rings (SSSR count). The van der Waals surface area contributed by atoms with Gasteiger partial charge in [0.15, 0.2) is 5.76 Å². The van der Waals surface area contributed by atoms with Crippen molar-refractivity contribution in [2.75, 3.05) is 17.2 Å². The van der Waals surface area contributed by atoms with Crippen molar-refractivity contribution in [3.05, 3.63) is 119 Å². The second kappa shape index (κ2) is 10.6. The standard InChI is InChI=1S/C26H21ClN2O4/c27-20-13-14-21(22(16-20)29-26(31)23-12-7-15-32-23)28-24(30)17-33-25(18-8-3-1-4-9-18)19-10-5-2-6-11-19/h1-16,25H,17H2,(H,28,30)(H,29,31). The summed E-state index contributed by atoms with van der Waals surface area (Å²) in [6.45, 7) is -0.192. The van der Waals surface area contributed by atoms with Gasteiger partial charge in [-0.25, -0.2) is 0 Å².